The van der Waals surface area contributed by atoms with Crippen molar-refractivity contribution < 1.29 is 4.42 Å². The minimum atomic E-state index is 0.641. The molecule has 0 saturated heterocycles. The monoisotopic (exact) mass is 873 g/mol. The molecule has 0 atom stereocenters. The molecule has 0 saturated carbocycles. The predicted octanol–water partition coefficient (Wildman–Crippen LogP) is 17.4. The molecule has 0 spiro atoms. The fraction of sp³-hybridized carbons (Fsp3) is 0.0323. The first-order chi connectivity index (χ1) is 33.1. The van der Waals surface area contributed by atoms with E-state index >= 15 is 0 Å². The van der Waals surface area contributed by atoms with Crippen LogP contribution in [0.25, 0.3) is 136 Å². The molecular weight excluding hydrogens is 835 g/mol. The van der Waals surface area contributed by atoms with E-state index in [0.29, 0.717) is 5.82 Å². The highest BCUT2D eigenvalue weighted by Gasteiger charge is 2.24. The molecule has 0 unspecified atom stereocenters. The molecule has 0 amide bonds. The van der Waals surface area contributed by atoms with E-state index in [1.807, 2.05) is 11.3 Å². The Kier molecular flexibility index (Phi) is 8.40. The number of hydrogen-bond acceptors (Lipinski definition) is 4. The zero-order chi connectivity index (χ0) is 44.2. The smallest absolute Gasteiger partial charge is 0.160 e. The Bertz CT molecular complexity index is 4330. The lowest BCUT2D eigenvalue weighted by atomic mass is 9.95. The number of hydrogen-bond donors (Lipinski definition) is 0. The number of nitrogens with zero attached hydrogens (tertiary/aromatic N) is 3. The first-order valence-corrected chi connectivity index (χ1v) is 23.8. The minimum Gasteiger partial charge on any atom is -0.456 e. The van der Waals surface area contributed by atoms with Crippen molar-refractivity contribution in [3.05, 3.63) is 212 Å². The largest absolute Gasteiger partial charge is 0.456 e. The normalized spacial score (nSPS) is 12.0. The van der Waals surface area contributed by atoms with Gasteiger partial charge in [0.25, 0.3) is 0 Å². The van der Waals surface area contributed by atoms with Crippen molar-refractivity contribution in [3.63, 3.8) is 0 Å². The van der Waals surface area contributed by atoms with E-state index in [0.717, 1.165) is 89.7 Å². The van der Waals surface area contributed by atoms with E-state index in [-0.39, 0.29) is 0 Å². The Balaban J connectivity index is 1.09. The maximum atomic E-state index is 7.01. The van der Waals surface area contributed by atoms with Gasteiger partial charge in [-0.2, -0.15) is 0 Å². The lowest BCUT2D eigenvalue weighted by molar-refractivity contribution is 0.669. The van der Waals surface area contributed by atoms with E-state index in [1.165, 1.54) is 52.7 Å². The summed E-state index contributed by atoms with van der Waals surface area (Å²) < 4.78 is 12.0. The van der Waals surface area contributed by atoms with Crippen LogP contribution < -0.4 is 0 Å². The van der Waals surface area contributed by atoms with Crippen LogP contribution in [0, 0.1) is 0 Å². The van der Waals surface area contributed by atoms with Gasteiger partial charge in [-0.05, 0) is 106 Å². The van der Waals surface area contributed by atoms with Gasteiger partial charge in [-0.15, -0.1) is 11.3 Å². The summed E-state index contributed by atoms with van der Waals surface area (Å²) in [5.41, 5.74) is 13.2. The Morgan fingerprint density at radius 1 is 0.418 bits per heavy atom. The van der Waals surface area contributed by atoms with Gasteiger partial charge < -0.3 is 8.98 Å². The Hall–Kier alpha value is -8.38. The van der Waals surface area contributed by atoms with E-state index in [9.17, 15) is 0 Å². The van der Waals surface area contributed by atoms with Crippen molar-refractivity contribution in [3.8, 4) is 50.7 Å². The van der Waals surface area contributed by atoms with Gasteiger partial charge in [-0.25, -0.2) is 9.97 Å². The van der Waals surface area contributed by atoms with Crippen molar-refractivity contribution in [2.75, 3.05) is 0 Å². The second-order valence-electron chi connectivity index (χ2n) is 17.6. The third-order valence-corrected chi connectivity index (χ3v) is 14.9. The second-order valence-corrected chi connectivity index (χ2v) is 18.7. The average Bonchev–Trinajstić information content (AvgIpc) is 4.05. The molecule has 0 radical (unpaired) electrons. The number of thiophene rings is 1. The number of furan rings is 1. The van der Waals surface area contributed by atoms with Crippen molar-refractivity contribution in [2.45, 2.75) is 13.3 Å². The third kappa shape index (κ3) is 5.98. The van der Waals surface area contributed by atoms with Gasteiger partial charge in [0.2, 0.25) is 0 Å². The van der Waals surface area contributed by atoms with Gasteiger partial charge in [-0.3, -0.25) is 0 Å². The van der Waals surface area contributed by atoms with Gasteiger partial charge in [-0.1, -0.05) is 146 Å². The summed E-state index contributed by atoms with van der Waals surface area (Å²) >= 11 is 1.83. The quantitative estimate of drug-likeness (QED) is 0.167. The summed E-state index contributed by atoms with van der Waals surface area (Å²) in [6, 6.07) is 74.5. The maximum absolute atomic E-state index is 7.01. The van der Waals surface area contributed by atoms with Crippen LogP contribution in [0.1, 0.15) is 12.5 Å². The summed E-state index contributed by atoms with van der Waals surface area (Å²) in [5, 5.41) is 11.7. The zero-order valence-corrected chi connectivity index (χ0v) is 37.3. The van der Waals surface area contributed by atoms with Crippen LogP contribution in [0.4, 0.5) is 0 Å². The molecule has 14 rings (SSSR count). The van der Waals surface area contributed by atoms with Gasteiger partial charge >= 0.3 is 0 Å². The van der Waals surface area contributed by atoms with E-state index < -0.39 is 0 Å². The molecule has 67 heavy (non-hydrogen) atoms. The molecule has 5 heteroatoms. The average molecular weight is 874 g/mol. The number of para-hydroxylation sites is 1. The van der Waals surface area contributed by atoms with Crippen LogP contribution in [0.2, 0.25) is 0 Å². The number of rotatable bonds is 6. The van der Waals surface area contributed by atoms with E-state index in [2.05, 4.69) is 218 Å². The fourth-order valence-corrected chi connectivity index (χ4v) is 11.7. The number of aromatic nitrogens is 3. The third-order valence-electron chi connectivity index (χ3n) is 13.7. The van der Waals surface area contributed by atoms with E-state index in [1.54, 1.807) is 0 Å². The minimum absolute atomic E-state index is 0.641. The molecular formula is C62H39N3OS. The highest BCUT2D eigenvalue weighted by atomic mass is 32.1. The van der Waals surface area contributed by atoms with Gasteiger partial charge in [0.15, 0.2) is 5.82 Å². The summed E-state index contributed by atoms with van der Waals surface area (Å²) in [5.74, 6) is 0.641. The molecule has 0 N–H and O–H groups in total. The topological polar surface area (TPSA) is 43.9 Å². The van der Waals surface area contributed by atoms with Crippen LogP contribution in [-0.2, 0) is 6.42 Å². The molecule has 10 aromatic carbocycles. The van der Waals surface area contributed by atoms with Crippen LogP contribution in [-0.4, -0.2) is 14.5 Å². The van der Waals surface area contributed by atoms with Crippen LogP contribution >= 0.6 is 11.3 Å². The lowest BCUT2D eigenvalue weighted by Gasteiger charge is -2.17. The van der Waals surface area contributed by atoms with Crippen LogP contribution in [0.5, 0.6) is 0 Å². The highest BCUT2D eigenvalue weighted by Crippen LogP contribution is 2.44. The van der Waals surface area contributed by atoms with Crippen molar-refractivity contribution in [1.82, 2.24) is 14.5 Å². The van der Waals surface area contributed by atoms with Crippen molar-refractivity contribution in [2.24, 2.45) is 0 Å². The van der Waals surface area contributed by atoms with Gasteiger partial charge in [0.05, 0.1) is 33.5 Å². The van der Waals surface area contributed by atoms with Gasteiger partial charge in [0.1, 0.15) is 11.2 Å². The maximum Gasteiger partial charge on any atom is 0.160 e. The van der Waals surface area contributed by atoms with Crippen LogP contribution in [0.15, 0.2) is 211 Å². The first kappa shape index (κ1) is 37.9. The molecule has 0 bridgehead atoms. The highest BCUT2D eigenvalue weighted by molar-refractivity contribution is 7.25. The number of benzene rings is 10. The first-order valence-electron chi connectivity index (χ1n) is 22.9. The molecule has 0 aliphatic rings. The lowest BCUT2D eigenvalue weighted by Crippen LogP contribution is -2.03. The number of fused-ring (bicyclic) bond motifs is 11. The molecule has 0 aliphatic carbocycles. The molecule has 4 aromatic heterocycles. The summed E-state index contributed by atoms with van der Waals surface area (Å²) in [6.45, 7) is 2.22. The molecule has 314 valence electrons. The molecule has 0 aliphatic heterocycles. The summed E-state index contributed by atoms with van der Waals surface area (Å²) in [6.07, 6.45) is 0.750. The summed E-state index contributed by atoms with van der Waals surface area (Å²) in [4.78, 5) is 11.3. The molecule has 4 nitrogen and oxygen atoms in total. The summed E-state index contributed by atoms with van der Waals surface area (Å²) in [7, 11) is 0. The Morgan fingerprint density at radius 3 is 1.84 bits per heavy atom. The van der Waals surface area contributed by atoms with Crippen molar-refractivity contribution >= 4 is 96.8 Å². The fourth-order valence-electron chi connectivity index (χ4n) is 10.6. The molecule has 14 aromatic rings. The Morgan fingerprint density at radius 2 is 1.04 bits per heavy atom. The van der Waals surface area contributed by atoms with Gasteiger partial charge in [0, 0.05) is 58.6 Å². The van der Waals surface area contributed by atoms with Crippen LogP contribution in [0.3, 0.4) is 0 Å². The molecule has 0 fully saturated rings. The SMILES string of the molecule is CCc1c(-c2cccc(-c3ccccc3)c2)nc(-c2cc(-n3c4ccccc4c4cc5ccccc5cc43)c3c(c2)oc2cc4ccccc4cc23)nc1-c1ccc2sc3ccccc3c2c1. The predicted molar refractivity (Wildman–Crippen MR) is 283 cm³/mol. The second kappa shape index (κ2) is 14.8. The Labute approximate surface area is 389 Å². The standard InChI is InChI=1S/C62H39N3OS/c1-2-46-60(43-22-14-21-38(29-43)37-15-4-3-5-16-37)63-62(64-61(46)44-27-28-58-50(32-44)48-24-11-13-26-57(48)67-58)45-34-54(59-51-31-40-18-7-9-20-42(40)35-55(51)66-56(59)36-45)65-52-25-12-10-23-47(52)49-30-39-17-6-8-19-41(39)33-53(49)65/h3-36H,2H2,1H3. The van der Waals surface area contributed by atoms with Crippen molar-refractivity contribution in [1.29, 1.82) is 0 Å². The zero-order valence-electron chi connectivity index (χ0n) is 36.5. The molecule has 4 heterocycles. The van der Waals surface area contributed by atoms with E-state index in [4.69, 9.17) is 14.4 Å².